The average molecular weight is 441 g/mol. The number of benzene rings is 1. The van der Waals surface area contributed by atoms with E-state index in [1.165, 1.54) is 13.2 Å². The monoisotopic (exact) mass is 440 g/mol. The van der Waals surface area contributed by atoms with Crippen LogP contribution in [0.4, 0.5) is 0 Å². The highest BCUT2D eigenvalue weighted by molar-refractivity contribution is 6.29. The lowest BCUT2D eigenvalue weighted by atomic mass is 10.1. The quantitative estimate of drug-likeness (QED) is 0.149. The van der Waals surface area contributed by atoms with Gasteiger partial charge >= 0.3 is 5.97 Å². The van der Waals surface area contributed by atoms with Crippen LogP contribution in [0.25, 0.3) is 0 Å². The molecular formula is C25H29ClN2O3. The lowest BCUT2D eigenvalue weighted by Gasteiger charge is -2.26. The number of ether oxygens (including phenoxy) is 2. The standard InChI is InChI=1S/C25H29ClN2O3/c1-4-20(2)28(27-17-9-8-12-25(29)30-3)18-22-13-14-23(26)15-16-24(22)31-19-21-10-6-5-7-11-21/h4-8,10-13,15-17,20H,1,9,14,18-19H2,2-3H3/b12-8+,27-17-. The molecule has 164 valence electrons. The number of esters is 1. The van der Waals surface area contributed by atoms with Gasteiger partial charge in [0.05, 0.1) is 19.7 Å². The largest absolute Gasteiger partial charge is 0.489 e. The van der Waals surface area contributed by atoms with Crippen LogP contribution in [-0.4, -0.2) is 36.9 Å². The van der Waals surface area contributed by atoms with Crippen LogP contribution in [0, 0.1) is 0 Å². The Morgan fingerprint density at radius 3 is 2.81 bits per heavy atom. The highest BCUT2D eigenvalue weighted by atomic mass is 35.5. The smallest absolute Gasteiger partial charge is 0.330 e. The van der Waals surface area contributed by atoms with Crippen LogP contribution < -0.4 is 0 Å². The maximum absolute atomic E-state index is 11.2. The highest BCUT2D eigenvalue weighted by Gasteiger charge is 2.16. The Hall–Kier alpha value is -3.05. The molecule has 6 heteroatoms. The molecule has 0 spiro atoms. The van der Waals surface area contributed by atoms with Gasteiger partial charge in [0.1, 0.15) is 12.4 Å². The van der Waals surface area contributed by atoms with Crippen molar-refractivity contribution in [2.24, 2.45) is 5.10 Å². The molecule has 0 fully saturated rings. The molecule has 0 aromatic heterocycles. The molecule has 31 heavy (non-hydrogen) atoms. The second-order valence-corrected chi connectivity index (χ2v) is 7.37. The van der Waals surface area contributed by atoms with Gasteiger partial charge in [-0.25, -0.2) is 4.79 Å². The predicted molar refractivity (Wildman–Crippen MR) is 127 cm³/mol. The molecule has 0 saturated heterocycles. The van der Waals surface area contributed by atoms with E-state index < -0.39 is 0 Å². The molecule has 1 unspecified atom stereocenters. The summed E-state index contributed by atoms with van der Waals surface area (Å²) in [5.74, 6) is 0.379. The van der Waals surface area contributed by atoms with Crippen molar-refractivity contribution in [3.8, 4) is 0 Å². The van der Waals surface area contributed by atoms with Crippen molar-refractivity contribution >= 4 is 23.8 Å². The number of hydrogen-bond acceptors (Lipinski definition) is 5. The maximum Gasteiger partial charge on any atom is 0.330 e. The van der Waals surface area contributed by atoms with Gasteiger partial charge in [-0.3, -0.25) is 5.01 Å². The zero-order valence-corrected chi connectivity index (χ0v) is 18.8. The Morgan fingerprint density at radius 1 is 1.32 bits per heavy atom. The van der Waals surface area contributed by atoms with E-state index in [1.54, 1.807) is 12.3 Å². The van der Waals surface area contributed by atoms with E-state index in [-0.39, 0.29) is 12.0 Å². The summed E-state index contributed by atoms with van der Waals surface area (Å²) in [6, 6.07) is 10.0. The third-order valence-electron chi connectivity index (χ3n) is 4.58. The number of methoxy groups -OCH3 is 1. The fraction of sp³-hybridized carbons (Fsp3) is 0.280. The van der Waals surface area contributed by atoms with Crippen molar-refractivity contribution < 1.29 is 14.3 Å². The molecule has 0 saturated carbocycles. The van der Waals surface area contributed by atoms with Gasteiger partial charge in [0.2, 0.25) is 0 Å². The van der Waals surface area contributed by atoms with Crippen molar-refractivity contribution in [3.05, 3.63) is 95.3 Å². The van der Waals surface area contributed by atoms with Gasteiger partial charge in [0, 0.05) is 35.7 Å². The van der Waals surface area contributed by atoms with Gasteiger partial charge in [0.25, 0.3) is 0 Å². The normalized spacial score (nSPS) is 15.0. The minimum Gasteiger partial charge on any atom is -0.489 e. The number of allylic oxidation sites excluding steroid dienone is 5. The summed E-state index contributed by atoms with van der Waals surface area (Å²) < 4.78 is 10.7. The van der Waals surface area contributed by atoms with E-state index in [9.17, 15) is 4.79 Å². The fourth-order valence-corrected chi connectivity index (χ4v) is 2.85. The molecule has 0 amide bonds. The molecule has 0 aliphatic heterocycles. The zero-order valence-electron chi connectivity index (χ0n) is 18.0. The van der Waals surface area contributed by atoms with Crippen LogP contribution in [0.3, 0.4) is 0 Å². The first-order valence-corrected chi connectivity index (χ1v) is 10.5. The Balaban J connectivity index is 2.11. The van der Waals surface area contributed by atoms with Gasteiger partial charge in [-0.15, -0.1) is 6.58 Å². The lowest BCUT2D eigenvalue weighted by Crippen LogP contribution is -2.29. The highest BCUT2D eigenvalue weighted by Crippen LogP contribution is 2.24. The molecular weight excluding hydrogens is 412 g/mol. The molecule has 1 aromatic carbocycles. The van der Waals surface area contributed by atoms with Crippen LogP contribution in [0.1, 0.15) is 25.3 Å². The number of rotatable bonds is 11. The van der Waals surface area contributed by atoms with E-state index >= 15 is 0 Å². The van der Waals surface area contributed by atoms with Crippen molar-refractivity contribution in [3.63, 3.8) is 0 Å². The molecule has 1 aliphatic carbocycles. The summed E-state index contributed by atoms with van der Waals surface area (Å²) in [4.78, 5) is 11.2. The summed E-state index contributed by atoms with van der Waals surface area (Å²) in [7, 11) is 1.35. The Bertz CT molecular complexity index is 885. The SMILES string of the molecule is C=CC(C)N(CC1=CCC(Cl)=CC=C1OCc1ccccc1)/N=C\C/C=C/C(=O)OC. The van der Waals surface area contributed by atoms with Crippen molar-refractivity contribution in [2.75, 3.05) is 13.7 Å². The second-order valence-electron chi connectivity index (χ2n) is 6.89. The Morgan fingerprint density at radius 2 is 2.10 bits per heavy atom. The summed E-state index contributed by atoms with van der Waals surface area (Å²) in [6.45, 7) is 6.91. The van der Waals surface area contributed by atoms with Gasteiger partial charge < -0.3 is 9.47 Å². The van der Waals surface area contributed by atoms with E-state index in [4.69, 9.17) is 16.3 Å². The Kier molecular flexibility index (Phi) is 10.4. The van der Waals surface area contributed by atoms with Gasteiger partial charge in [0.15, 0.2) is 0 Å². The third-order valence-corrected chi connectivity index (χ3v) is 4.86. The summed E-state index contributed by atoms with van der Waals surface area (Å²) in [6.07, 6.45) is 13.6. The number of carbonyl (C=O) groups excluding carboxylic acids is 1. The Labute approximate surface area is 189 Å². The molecule has 1 aromatic rings. The first-order valence-electron chi connectivity index (χ1n) is 10.1. The molecule has 5 nitrogen and oxygen atoms in total. The maximum atomic E-state index is 11.2. The van der Waals surface area contributed by atoms with E-state index in [0.717, 1.165) is 21.9 Å². The number of carbonyl (C=O) groups is 1. The summed E-state index contributed by atoms with van der Waals surface area (Å²) in [5, 5.41) is 7.24. The van der Waals surface area contributed by atoms with Crippen molar-refractivity contribution in [1.82, 2.24) is 5.01 Å². The van der Waals surface area contributed by atoms with Crippen molar-refractivity contribution in [2.45, 2.75) is 32.4 Å². The molecule has 0 heterocycles. The van der Waals surface area contributed by atoms with Crippen LogP contribution in [-0.2, 0) is 20.9 Å². The van der Waals surface area contributed by atoms with Gasteiger partial charge in [-0.05, 0) is 24.6 Å². The van der Waals surface area contributed by atoms with Gasteiger partial charge in [-0.1, -0.05) is 60.2 Å². The molecule has 0 N–H and O–H groups in total. The van der Waals surface area contributed by atoms with E-state index in [1.807, 2.05) is 60.5 Å². The number of nitrogens with zero attached hydrogens (tertiary/aromatic N) is 2. The van der Waals surface area contributed by atoms with Crippen LogP contribution >= 0.6 is 11.6 Å². The predicted octanol–water partition coefficient (Wildman–Crippen LogP) is 5.52. The lowest BCUT2D eigenvalue weighted by molar-refractivity contribution is -0.134. The first kappa shape index (κ1) is 24.2. The van der Waals surface area contributed by atoms with Crippen LogP contribution in [0.2, 0.25) is 0 Å². The molecule has 2 rings (SSSR count). The number of hydrazone groups is 1. The molecule has 0 radical (unpaired) electrons. The van der Waals surface area contributed by atoms with E-state index in [0.29, 0.717) is 26.0 Å². The fourth-order valence-electron chi connectivity index (χ4n) is 2.71. The minimum absolute atomic E-state index is 0.00351. The number of hydrogen-bond donors (Lipinski definition) is 0. The van der Waals surface area contributed by atoms with Crippen molar-refractivity contribution in [1.29, 1.82) is 0 Å². The van der Waals surface area contributed by atoms with E-state index in [2.05, 4.69) is 22.5 Å². The summed E-state index contributed by atoms with van der Waals surface area (Å²) >= 11 is 6.26. The molecule has 1 atom stereocenters. The van der Waals surface area contributed by atoms with Crippen LogP contribution in [0.15, 0.2) is 94.8 Å². The molecule has 0 bridgehead atoms. The third kappa shape index (κ3) is 8.69. The number of halogens is 1. The van der Waals surface area contributed by atoms with Crippen LogP contribution in [0.5, 0.6) is 0 Å². The molecule has 1 aliphatic rings. The average Bonchev–Trinajstić information content (AvgIpc) is 2.97. The minimum atomic E-state index is -0.386. The first-order chi connectivity index (χ1) is 15.0. The zero-order chi connectivity index (χ0) is 22.5. The topological polar surface area (TPSA) is 51.1 Å². The van der Waals surface area contributed by atoms with Gasteiger partial charge in [-0.2, -0.15) is 5.10 Å². The summed E-state index contributed by atoms with van der Waals surface area (Å²) in [5.41, 5.74) is 2.09. The second kappa shape index (κ2) is 13.3.